The molecule has 1 amide bonds. The largest absolute Gasteiger partial charge is 0.379 e. The molecule has 0 unspecified atom stereocenters. The van der Waals surface area contributed by atoms with Gasteiger partial charge in [0.15, 0.2) is 0 Å². The Kier molecular flexibility index (Phi) is 6.92. The van der Waals surface area contributed by atoms with Crippen molar-refractivity contribution in [2.24, 2.45) is 0 Å². The van der Waals surface area contributed by atoms with E-state index in [1.165, 1.54) is 42.2 Å². The second kappa shape index (κ2) is 9.45. The Hall–Kier alpha value is -2.97. The van der Waals surface area contributed by atoms with Crippen LogP contribution in [0.1, 0.15) is 18.1 Å². The lowest BCUT2D eigenvalue weighted by atomic mass is 10.1. The fraction of sp³-hybridized carbons (Fsp3) is 0.136. The van der Waals surface area contributed by atoms with Crippen molar-refractivity contribution < 1.29 is 26.2 Å². The molecule has 3 aromatic rings. The molecule has 31 heavy (non-hydrogen) atoms. The Morgan fingerprint density at radius 1 is 0.935 bits per heavy atom. The van der Waals surface area contributed by atoms with E-state index in [0.29, 0.717) is 16.1 Å². The molecule has 0 saturated carbocycles. The minimum Gasteiger partial charge on any atom is -0.379 e. The fourth-order valence-electron chi connectivity index (χ4n) is 2.81. The van der Waals surface area contributed by atoms with Crippen LogP contribution in [-0.4, -0.2) is 19.2 Å². The van der Waals surface area contributed by atoms with Gasteiger partial charge in [0.1, 0.15) is 22.3 Å². The molecule has 9 heteroatoms. The molecular formula is C22H18ClF2NO4S. The number of hydrogen-bond donors (Lipinski definition) is 0. The summed E-state index contributed by atoms with van der Waals surface area (Å²) in [4.78, 5) is 13.4. The van der Waals surface area contributed by atoms with E-state index in [1.54, 1.807) is 12.1 Å². The highest BCUT2D eigenvalue weighted by Crippen LogP contribution is 2.28. The molecule has 0 heterocycles. The van der Waals surface area contributed by atoms with E-state index in [2.05, 4.69) is 0 Å². The van der Waals surface area contributed by atoms with Gasteiger partial charge in [-0.1, -0.05) is 23.7 Å². The summed E-state index contributed by atoms with van der Waals surface area (Å²) in [6.45, 7) is 1.54. The van der Waals surface area contributed by atoms with Crippen molar-refractivity contribution in [2.45, 2.75) is 24.9 Å². The summed E-state index contributed by atoms with van der Waals surface area (Å²) >= 11 is 6.07. The van der Waals surface area contributed by atoms with Gasteiger partial charge < -0.3 is 9.08 Å². The zero-order chi connectivity index (χ0) is 22.6. The van der Waals surface area contributed by atoms with Crippen molar-refractivity contribution in [3.8, 4) is 5.75 Å². The number of amides is 1. The monoisotopic (exact) mass is 465 g/mol. The highest BCUT2D eigenvalue weighted by Gasteiger charge is 2.21. The van der Waals surface area contributed by atoms with Crippen molar-refractivity contribution in [2.75, 3.05) is 0 Å². The van der Waals surface area contributed by atoms with E-state index in [4.69, 9.17) is 15.8 Å². The molecule has 3 aromatic carbocycles. The van der Waals surface area contributed by atoms with Crippen molar-refractivity contribution in [3.05, 3.63) is 94.5 Å². The maximum Gasteiger partial charge on any atom is 0.339 e. The van der Waals surface area contributed by atoms with Gasteiger partial charge in [0, 0.05) is 30.6 Å². The van der Waals surface area contributed by atoms with Crippen LogP contribution in [0.25, 0.3) is 0 Å². The fourth-order valence-corrected chi connectivity index (χ4v) is 3.97. The average molecular weight is 466 g/mol. The third-order valence-electron chi connectivity index (χ3n) is 4.42. The molecule has 0 aliphatic carbocycles. The summed E-state index contributed by atoms with van der Waals surface area (Å²) in [7, 11) is -4.24. The Morgan fingerprint density at radius 3 is 2.10 bits per heavy atom. The maximum absolute atomic E-state index is 13.2. The number of carbonyl (C=O) groups excluding carboxylic acids is 1. The van der Waals surface area contributed by atoms with Gasteiger partial charge >= 0.3 is 10.1 Å². The first-order valence-corrected chi connectivity index (χ1v) is 10.9. The SMILES string of the molecule is CC(=O)N(Cc1ccc(F)cc1)Cc1cc(Cl)ccc1OS(=O)(=O)c1ccc(F)cc1. The van der Waals surface area contributed by atoms with Crippen LogP contribution in [0.2, 0.25) is 5.02 Å². The van der Waals surface area contributed by atoms with Crippen LogP contribution < -0.4 is 4.18 Å². The number of halogens is 3. The van der Waals surface area contributed by atoms with Crippen molar-refractivity contribution in [3.63, 3.8) is 0 Å². The van der Waals surface area contributed by atoms with Gasteiger partial charge in [-0.25, -0.2) is 8.78 Å². The second-order valence-electron chi connectivity index (χ2n) is 6.74. The molecule has 162 valence electrons. The van der Waals surface area contributed by atoms with Crippen LogP contribution >= 0.6 is 11.6 Å². The third kappa shape index (κ3) is 6.02. The molecular weight excluding hydrogens is 448 g/mol. The minimum atomic E-state index is -4.24. The Morgan fingerprint density at radius 2 is 1.52 bits per heavy atom. The van der Waals surface area contributed by atoms with Crippen LogP contribution in [0.3, 0.4) is 0 Å². The summed E-state index contributed by atoms with van der Waals surface area (Å²) < 4.78 is 56.7. The lowest BCUT2D eigenvalue weighted by Crippen LogP contribution is -2.28. The van der Waals surface area contributed by atoms with Gasteiger partial charge in [-0.05, 0) is 60.2 Å². The van der Waals surface area contributed by atoms with Crippen LogP contribution in [0, 0.1) is 11.6 Å². The summed E-state index contributed by atoms with van der Waals surface area (Å²) in [6, 6.07) is 14.2. The lowest BCUT2D eigenvalue weighted by molar-refractivity contribution is -0.130. The molecule has 0 aromatic heterocycles. The van der Waals surface area contributed by atoms with Crippen molar-refractivity contribution >= 4 is 27.6 Å². The van der Waals surface area contributed by atoms with E-state index in [0.717, 1.165) is 24.3 Å². The zero-order valence-electron chi connectivity index (χ0n) is 16.4. The Balaban J connectivity index is 1.88. The molecule has 0 spiro atoms. The standard InChI is InChI=1S/C22H18ClF2NO4S/c1-15(27)26(13-16-2-5-19(24)6-3-16)14-17-12-18(23)4-11-22(17)30-31(28,29)21-9-7-20(25)8-10-21/h2-12H,13-14H2,1H3. The Bertz CT molecular complexity index is 1180. The first-order valence-electron chi connectivity index (χ1n) is 9.12. The topological polar surface area (TPSA) is 63.7 Å². The van der Waals surface area contributed by atoms with E-state index < -0.39 is 21.8 Å². The highest BCUT2D eigenvalue weighted by atomic mass is 35.5. The minimum absolute atomic E-state index is 0.00153. The third-order valence-corrected chi connectivity index (χ3v) is 5.90. The molecule has 0 saturated heterocycles. The molecule has 0 N–H and O–H groups in total. The van der Waals surface area contributed by atoms with Gasteiger partial charge in [0.05, 0.1) is 0 Å². The molecule has 5 nitrogen and oxygen atoms in total. The summed E-state index contributed by atoms with van der Waals surface area (Å²) in [5.41, 5.74) is 1.05. The predicted molar refractivity (Wildman–Crippen MR) is 112 cm³/mol. The molecule has 0 radical (unpaired) electrons. The summed E-state index contributed by atoms with van der Waals surface area (Å²) in [5, 5.41) is 0.326. The van der Waals surface area contributed by atoms with Crippen LogP contribution in [-0.2, 0) is 28.0 Å². The van der Waals surface area contributed by atoms with Crippen LogP contribution in [0.5, 0.6) is 5.75 Å². The summed E-state index contributed by atoms with van der Waals surface area (Å²) in [5.74, 6) is -1.27. The first kappa shape index (κ1) is 22.7. The molecule has 0 bridgehead atoms. The van der Waals surface area contributed by atoms with Crippen molar-refractivity contribution in [1.82, 2.24) is 4.90 Å². The molecule has 0 aliphatic rings. The number of rotatable bonds is 7. The smallest absolute Gasteiger partial charge is 0.339 e. The van der Waals surface area contributed by atoms with E-state index in [-0.39, 0.29) is 29.6 Å². The number of carbonyl (C=O) groups is 1. The van der Waals surface area contributed by atoms with E-state index in [1.807, 2.05) is 0 Å². The van der Waals surface area contributed by atoms with Gasteiger partial charge in [0.25, 0.3) is 0 Å². The van der Waals surface area contributed by atoms with Gasteiger partial charge in [-0.15, -0.1) is 0 Å². The zero-order valence-corrected chi connectivity index (χ0v) is 18.0. The van der Waals surface area contributed by atoms with Crippen molar-refractivity contribution in [1.29, 1.82) is 0 Å². The van der Waals surface area contributed by atoms with E-state index >= 15 is 0 Å². The van der Waals surface area contributed by atoms with Gasteiger partial charge in [-0.2, -0.15) is 8.42 Å². The predicted octanol–water partition coefficient (Wildman–Crippen LogP) is 4.93. The maximum atomic E-state index is 13.2. The molecule has 0 atom stereocenters. The highest BCUT2D eigenvalue weighted by molar-refractivity contribution is 7.87. The molecule has 3 rings (SSSR count). The second-order valence-corrected chi connectivity index (χ2v) is 8.73. The van der Waals surface area contributed by atoms with Gasteiger partial charge in [-0.3, -0.25) is 4.79 Å². The first-order chi connectivity index (χ1) is 14.6. The van der Waals surface area contributed by atoms with Crippen LogP contribution in [0.4, 0.5) is 8.78 Å². The lowest BCUT2D eigenvalue weighted by Gasteiger charge is -2.23. The number of hydrogen-bond acceptors (Lipinski definition) is 4. The van der Waals surface area contributed by atoms with Crippen LogP contribution in [0.15, 0.2) is 71.6 Å². The quantitative estimate of drug-likeness (QED) is 0.464. The Labute approximate surface area is 184 Å². The summed E-state index contributed by atoms with van der Waals surface area (Å²) in [6.07, 6.45) is 0. The van der Waals surface area contributed by atoms with E-state index in [9.17, 15) is 22.0 Å². The number of nitrogens with zero attached hydrogens (tertiary/aromatic N) is 1. The van der Waals surface area contributed by atoms with Gasteiger partial charge in [0.2, 0.25) is 5.91 Å². The average Bonchev–Trinajstić information content (AvgIpc) is 2.71. The number of benzene rings is 3. The molecule has 0 fully saturated rings. The molecule has 0 aliphatic heterocycles. The normalized spacial score (nSPS) is 11.2.